The molecule has 26 heavy (non-hydrogen) atoms. The molecule has 2 heterocycles. The molecule has 0 atom stereocenters. The number of amides is 1. The monoisotopic (exact) mass is 378 g/mol. The molecular weight excluding hydrogens is 367 g/mol. The fraction of sp³-hybridized carbons (Fsp3) is 0.0625. The number of hydrogen-bond acceptors (Lipinski definition) is 7. The predicted octanol–water partition coefficient (Wildman–Crippen LogP) is -2.64. The zero-order chi connectivity index (χ0) is 18.0. The first-order chi connectivity index (χ1) is 12.0. The largest absolute Gasteiger partial charge is 1.00 e. The molecule has 1 amide bonds. The molecular formula is C16H11KN4O5. The number of anilines is 1. The van der Waals surface area contributed by atoms with Gasteiger partial charge in [-0.15, -0.1) is 0 Å². The van der Waals surface area contributed by atoms with Crippen LogP contribution in [0.25, 0.3) is 11.0 Å². The Morgan fingerprint density at radius 1 is 1.12 bits per heavy atom. The second-order valence-corrected chi connectivity index (χ2v) is 4.96. The van der Waals surface area contributed by atoms with Crippen LogP contribution in [-0.4, -0.2) is 39.9 Å². The Morgan fingerprint density at radius 2 is 1.77 bits per heavy atom. The Kier molecular flexibility index (Phi) is 6.61. The fourth-order valence-corrected chi connectivity index (χ4v) is 2.26. The molecule has 2 aromatic heterocycles. The van der Waals surface area contributed by atoms with E-state index in [-0.39, 0.29) is 68.1 Å². The van der Waals surface area contributed by atoms with Crippen molar-refractivity contribution in [2.75, 3.05) is 12.4 Å². The van der Waals surface area contributed by atoms with Crippen molar-refractivity contribution in [2.24, 2.45) is 0 Å². The van der Waals surface area contributed by atoms with Crippen molar-refractivity contribution >= 4 is 34.6 Å². The van der Waals surface area contributed by atoms with E-state index in [0.717, 1.165) is 6.33 Å². The van der Waals surface area contributed by atoms with Gasteiger partial charge in [0.05, 0.1) is 29.8 Å². The van der Waals surface area contributed by atoms with Crippen LogP contribution >= 0.6 is 0 Å². The second kappa shape index (κ2) is 8.51. The Balaban J connectivity index is 0.00000243. The first kappa shape index (κ1) is 20.2. The van der Waals surface area contributed by atoms with Gasteiger partial charge in [0.15, 0.2) is 0 Å². The number of aromatic carboxylic acids is 1. The summed E-state index contributed by atoms with van der Waals surface area (Å²) in [6.45, 7) is 0. The van der Waals surface area contributed by atoms with Crippen molar-refractivity contribution in [2.45, 2.75) is 0 Å². The normalized spacial score (nSPS) is 10.0. The van der Waals surface area contributed by atoms with E-state index < -0.39 is 17.8 Å². The molecule has 126 valence electrons. The number of carboxylic acid groups (broad SMARTS) is 1. The van der Waals surface area contributed by atoms with Gasteiger partial charge in [-0.2, -0.15) is 0 Å². The summed E-state index contributed by atoms with van der Waals surface area (Å²) in [6.07, 6.45) is 2.48. The summed E-state index contributed by atoms with van der Waals surface area (Å²) < 4.78 is 4.59. The van der Waals surface area contributed by atoms with Gasteiger partial charge in [-0.05, 0) is 24.3 Å². The Hall–Kier alpha value is -2.11. The van der Waals surface area contributed by atoms with Crippen LogP contribution in [0.15, 0.2) is 36.8 Å². The van der Waals surface area contributed by atoms with Crippen LogP contribution in [0, 0.1) is 0 Å². The standard InChI is InChI=1S/C16H12N4O5.K/c1-25-16(24)9-4-2-8(3-5-9)14(21)20-10-6-17-12-11(10)18-7-19-13(12)15(22)23;/h2-7,17H,1H3,(H,20,21)(H,22,23);/q;+1/p-1. The van der Waals surface area contributed by atoms with Crippen LogP contribution in [0.1, 0.15) is 31.2 Å². The Labute approximate surface area is 189 Å². The number of aromatic amines is 1. The average Bonchev–Trinajstić information content (AvgIpc) is 3.04. The number of hydrogen-bond donors (Lipinski definition) is 2. The minimum atomic E-state index is -1.45. The Morgan fingerprint density at radius 3 is 2.38 bits per heavy atom. The molecule has 0 spiro atoms. The number of nitrogens with zero attached hydrogens (tertiary/aromatic N) is 2. The van der Waals surface area contributed by atoms with E-state index in [2.05, 4.69) is 25.0 Å². The molecule has 10 heteroatoms. The fourth-order valence-electron chi connectivity index (χ4n) is 2.26. The van der Waals surface area contributed by atoms with E-state index in [0.29, 0.717) is 16.8 Å². The maximum Gasteiger partial charge on any atom is 1.00 e. The van der Waals surface area contributed by atoms with E-state index in [1.54, 1.807) is 0 Å². The third-order valence-corrected chi connectivity index (χ3v) is 3.47. The summed E-state index contributed by atoms with van der Waals surface area (Å²) in [5.41, 5.74) is 1.01. The molecule has 0 saturated heterocycles. The van der Waals surface area contributed by atoms with Crippen molar-refractivity contribution < 1.29 is 75.6 Å². The molecule has 9 nitrogen and oxygen atoms in total. The van der Waals surface area contributed by atoms with Gasteiger partial charge in [-0.3, -0.25) is 4.79 Å². The summed E-state index contributed by atoms with van der Waals surface area (Å²) in [6, 6.07) is 5.87. The quantitative estimate of drug-likeness (QED) is 0.374. The van der Waals surface area contributed by atoms with Crippen LogP contribution in [0.2, 0.25) is 0 Å². The van der Waals surface area contributed by atoms with Crippen molar-refractivity contribution in [3.05, 3.63) is 53.6 Å². The number of nitrogens with one attached hydrogen (secondary N) is 2. The summed E-state index contributed by atoms with van der Waals surface area (Å²) in [5, 5.41) is 13.7. The number of fused-ring (bicyclic) bond motifs is 1. The van der Waals surface area contributed by atoms with E-state index in [4.69, 9.17) is 0 Å². The van der Waals surface area contributed by atoms with E-state index in [1.165, 1.54) is 37.6 Å². The summed E-state index contributed by atoms with van der Waals surface area (Å²) in [7, 11) is 1.27. The number of esters is 1. The van der Waals surface area contributed by atoms with Gasteiger partial charge in [0, 0.05) is 11.8 Å². The topological polar surface area (TPSA) is 137 Å². The first-order valence-corrected chi connectivity index (χ1v) is 7.04. The zero-order valence-electron chi connectivity index (χ0n) is 13.9. The first-order valence-electron chi connectivity index (χ1n) is 7.04. The van der Waals surface area contributed by atoms with Crippen LogP contribution in [0.3, 0.4) is 0 Å². The predicted molar refractivity (Wildman–Crippen MR) is 84.0 cm³/mol. The van der Waals surface area contributed by atoms with Crippen molar-refractivity contribution in [3.8, 4) is 0 Å². The minimum Gasteiger partial charge on any atom is -0.543 e. The second-order valence-electron chi connectivity index (χ2n) is 4.96. The molecule has 0 bridgehead atoms. The average molecular weight is 378 g/mol. The number of benzene rings is 1. The summed E-state index contributed by atoms with van der Waals surface area (Å²) in [4.78, 5) is 45.0. The molecule has 0 unspecified atom stereocenters. The molecule has 0 saturated carbocycles. The van der Waals surface area contributed by atoms with E-state index in [9.17, 15) is 19.5 Å². The molecule has 3 rings (SSSR count). The van der Waals surface area contributed by atoms with Gasteiger partial charge in [0.1, 0.15) is 17.5 Å². The number of aromatic nitrogens is 3. The molecule has 0 radical (unpaired) electrons. The molecule has 0 fully saturated rings. The SMILES string of the molecule is COC(=O)c1ccc(C(=O)Nc2c[nH]c3c(C(=O)[O-])ncnc23)cc1.[K+]. The molecule has 3 aromatic rings. The zero-order valence-corrected chi connectivity index (χ0v) is 17.0. The van der Waals surface area contributed by atoms with Gasteiger partial charge in [0.2, 0.25) is 0 Å². The molecule has 0 aliphatic carbocycles. The Bertz CT molecular complexity index is 984. The number of methoxy groups -OCH3 is 1. The van der Waals surface area contributed by atoms with Crippen LogP contribution in [0.5, 0.6) is 0 Å². The van der Waals surface area contributed by atoms with Crippen LogP contribution < -0.4 is 61.8 Å². The summed E-state index contributed by atoms with van der Waals surface area (Å²) >= 11 is 0. The summed E-state index contributed by atoms with van der Waals surface area (Å²) in [5.74, 6) is -2.41. The number of H-pyrrole nitrogens is 1. The number of ether oxygens (including phenoxy) is 1. The number of carbonyl (C=O) groups is 3. The van der Waals surface area contributed by atoms with Gasteiger partial charge in [0.25, 0.3) is 5.91 Å². The minimum absolute atomic E-state index is 0. The van der Waals surface area contributed by atoms with Gasteiger partial charge < -0.3 is 24.9 Å². The third-order valence-electron chi connectivity index (χ3n) is 3.47. The van der Waals surface area contributed by atoms with Crippen LogP contribution in [0.4, 0.5) is 5.69 Å². The molecule has 0 aliphatic heterocycles. The van der Waals surface area contributed by atoms with Gasteiger partial charge in [-0.1, -0.05) is 0 Å². The third kappa shape index (κ3) is 4.00. The maximum absolute atomic E-state index is 12.3. The smallest absolute Gasteiger partial charge is 0.543 e. The van der Waals surface area contributed by atoms with Gasteiger partial charge >= 0.3 is 57.4 Å². The number of carboxylic acids is 1. The van der Waals surface area contributed by atoms with Gasteiger partial charge in [-0.25, -0.2) is 14.8 Å². The van der Waals surface area contributed by atoms with Crippen molar-refractivity contribution in [1.82, 2.24) is 15.0 Å². The molecule has 0 aliphatic rings. The maximum atomic E-state index is 12.3. The van der Waals surface area contributed by atoms with Crippen molar-refractivity contribution in [1.29, 1.82) is 0 Å². The van der Waals surface area contributed by atoms with Crippen LogP contribution in [-0.2, 0) is 4.74 Å². The number of rotatable bonds is 4. The van der Waals surface area contributed by atoms with E-state index in [1.807, 2.05) is 0 Å². The molecule has 1 aromatic carbocycles. The number of carbonyl (C=O) groups excluding carboxylic acids is 3. The molecule has 2 N–H and O–H groups in total. The van der Waals surface area contributed by atoms with Crippen molar-refractivity contribution in [3.63, 3.8) is 0 Å². The van der Waals surface area contributed by atoms with E-state index >= 15 is 0 Å².